The maximum Gasteiger partial charge on any atom is -0.0263 e. The first-order chi connectivity index (χ1) is 4.72. The second kappa shape index (κ2) is 2.77. The number of hydrogen-bond donors (Lipinski definition) is 0. The van der Waals surface area contributed by atoms with Crippen LogP contribution in [-0.2, 0) is 0 Å². The van der Waals surface area contributed by atoms with Crippen LogP contribution in [0.15, 0.2) is 12.2 Å². The molecular formula is C10H18. The van der Waals surface area contributed by atoms with Crippen LogP contribution in [0.2, 0.25) is 0 Å². The van der Waals surface area contributed by atoms with Crippen LogP contribution in [0, 0.1) is 5.41 Å². The Hall–Kier alpha value is -0.260. The van der Waals surface area contributed by atoms with Gasteiger partial charge in [-0.05, 0) is 24.7 Å². The van der Waals surface area contributed by atoms with Crippen molar-refractivity contribution < 1.29 is 0 Å². The predicted molar refractivity (Wildman–Crippen MR) is 46.0 cm³/mol. The lowest BCUT2D eigenvalue weighted by Crippen LogP contribution is -2.12. The lowest BCUT2D eigenvalue weighted by atomic mass is 9.81. The molecule has 0 aromatic carbocycles. The van der Waals surface area contributed by atoms with Crippen molar-refractivity contribution in [3.8, 4) is 0 Å². The van der Waals surface area contributed by atoms with Gasteiger partial charge in [-0.1, -0.05) is 38.8 Å². The van der Waals surface area contributed by atoms with Gasteiger partial charge in [0.1, 0.15) is 0 Å². The molecule has 10 heavy (non-hydrogen) atoms. The molecule has 1 aliphatic rings. The topological polar surface area (TPSA) is 0 Å². The molecule has 1 saturated carbocycles. The standard InChI is InChI=1S/C10H18/c1-4-10(5-2)7-6-9(3)8-10/h3-8H2,1-2H3. The van der Waals surface area contributed by atoms with E-state index in [9.17, 15) is 0 Å². The Morgan fingerprint density at radius 3 is 2.20 bits per heavy atom. The Morgan fingerprint density at radius 1 is 1.40 bits per heavy atom. The normalized spacial score (nSPS) is 23.6. The minimum absolute atomic E-state index is 0.650. The quantitative estimate of drug-likeness (QED) is 0.512. The maximum absolute atomic E-state index is 4.05. The van der Waals surface area contributed by atoms with Crippen LogP contribution in [0.25, 0.3) is 0 Å². The molecule has 0 heteroatoms. The molecule has 0 N–H and O–H groups in total. The summed E-state index contributed by atoms with van der Waals surface area (Å²) in [5.74, 6) is 0. The van der Waals surface area contributed by atoms with E-state index in [1.807, 2.05) is 0 Å². The molecule has 0 radical (unpaired) electrons. The number of hydrogen-bond acceptors (Lipinski definition) is 0. The first-order valence-electron chi connectivity index (χ1n) is 4.39. The van der Waals surface area contributed by atoms with E-state index in [2.05, 4.69) is 20.4 Å². The zero-order valence-corrected chi connectivity index (χ0v) is 7.24. The maximum atomic E-state index is 4.05. The van der Waals surface area contributed by atoms with Crippen molar-refractivity contribution in [2.45, 2.75) is 46.0 Å². The number of allylic oxidation sites excluding steroid dienone is 1. The fraction of sp³-hybridized carbons (Fsp3) is 0.800. The van der Waals surface area contributed by atoms with Crippen LogP contribution >= 0.6 is 0 Å². The molecule has 0 aliphatic heterocycles. The van der Waals surface area contributed by atoms with E-state index in [1.54, 1.807) is 0 Å². The fourth-order valence-corrected chi connectivity index (χ4v) is 2.00. The molecule has 0 unspecified atom stereocenters. The Bertz CT molecular complexity index is 129. The van der Waals surface area contributed by atoms with Gasteiger partial charge in [-0.25, -0.2) is 0 Å². The van der Waals surface area contributed by atoms with Crippen molar-refractivity contribution in [2.24, 2.45) is 5.41 Å². The molecule has 1 fully saturated rings. The molecule has 0 heterocycles. The Labute approximate surface area is 64.3 Å². The van der Waals surface area contributed by atoms with E-state index >= 15 is 0 Å². The van der Waals surface area contributed by atoms with E-state index in [0.29, 0.717) is 5.41 Å². The molecule has 0 aromatic rings. The molecule has 0 amide bonds. The van der Waals surface area contributed by atoms with Crippen LogP contribution in [-0.4, -0.2) is 0 Å². The average molecular weight is 138 g/mol. The third kappa shape index (κ3) is 1.25. The van der Waals surface area contributed by atoms with Crippen molar-refractivity contribution in [1.82, 2.24) is 0 Å². The van der Waals surface area contributed by atoms with Crippen molar-refractivity contribution in [3.63, 3.8) is 0 Å². The highest BCUT2D eigenvalue weighted by Crippen LogP contribution is 2.45. The van der Waals surface area contributed by atoms with Crippen molar-refractivity contribution in [1.29, 1.82) is 0 Å². The summed E-state index contributed by atoms with van der Waals surface area (Å²) in [5.41, 5.74) is 2.13. The Morgan fingerprint density at radius 2 is 2.00 bits per heavy atom. The number of rotatable bonds is 2. The van der Waals surface area contributed by atoms with E-state index in [4.69, 9.17) is 0 Å². The fourth-order valence-electron chi connectivity index (χ4n) is 2.00. The Kier molecular flexibility index (Phi) is 2.18. The first kappa shape index (κ1) is 7.84. The van der Waals surface area contributed by atoms with Crippen LogP contribution in [0.5, 0.6) is 0 Å². The summed E-state index contributed by atoms with van der Waals surface area (Å²) in [6.07, 6.45) is 6.63. The summed E-state index contributed by atoms with van der Waals surface area (Å²) in [6.45, 7) is 8.66. The molecule has 0 atom stereocenters. The minimum Gasteiger partial charge on any atom is -0.0998 e. The molecule has 1 rings (SSSR count). The van der Waals surface area contributed by atoms with E-state index in [0.717, 1.165) is 0 Å². The highest BCUT2D eigenvalue weighted by molar-refractivity contribution is 5.07. The second-order valence-electron chi connectivity index (χ2n) is 3.63. The summed E-state index contributed by atoms with van der Waals surface area (Å²) >= 11 is 0. The van der Waals surface area contributed by atoms with Crippen molar-refractivity contribution in [3.05, 3.63) is 12.2 Å². The summed E-state index contributed by atoms with van der Waals surface area (Å²) in [4.78, 5) is 0. The first-order valence-corrected chi connectivity index (χ1v) is 4.39. The monoisotopic (exact) mass is 138 g/mol. The van der Waals surface area contributed by atoms with Gasteiger partial charge < -0.3 is 0 Å². The van der Waals surface area contributed by atoms with Crippen molar-refractivity contribution in [2.75, 3.05) is 0 Å². The summed E-state index contributed by atoms with van der Waals surface area (Å²) < 4.78 is 0. The van der Waals surface area contributed by atoms with Gasteiger partial charge >= 0.3 is 0 Å². The lowest BCUT2D eigenvalue weighted by molar-refractivity contribution is 0.278. The average Bonchev–Trinajstić information content (AvgIpc) is 2.33. The second-order valence-corrected chi connectivity index (χ2v) is 3.63. The molecule has 0 nitrogen and oxygen atoms in total. The molecule has 58 valence electrons. The summed E-state index contributed by atoms with van der Waals surface area (Å²) in [6, 6.07) is 0. The van der Waals surface area contributed by atoms with Gasteiger partial charge in [-0.3, -0.25) is 0 Å². The van der Waals surface area contributed by atoms with Crippen LogP contribution in [0.1, 0.15) is 46.0 Å². The van der Waals surface area contributed by atoms with Gasteiger partial charge in [0.2, 0.25) is 0 Å². The molecule has 0 spiro atoms. The largest absolute Gasteiger partial charge is 0.0998 e. The third-order valence-electron chi connectivity index (χ3n) is 3.13. The zero-order valence-electron chi connectivity index (χ0n) is 7.24. The van der Waals surface area contributed by atoms with Crippen LogP contribution < -0.4 is 0 Å². The van der Waals surface area contributed by atoms with Gasteiger partial charge in [0.15, 0.2) is 0 Å². The van der Waals surface area contributed by atoms with Gasteiger partial charge in [-0.2, -0.15) is 0 Å². The minimum atomic E-state index is 0.650. The third-order valence-corrected chi connectivity index (χ3v) is 3.13. The van der Waals surface area contributed by atoms with E-state index in [1.165, 1.54) is 37.7 Å². The molecule has 0 saturated heterocycles. The summed E-state index contributed by atoms with van der Waals surface area (Å²) in [7, 11) is 0. The highest BCUT2D eigenvalue weighted by Gasteiger charge is 2.31. The van der Waals surface area contributed by atoms with Crippen LogP contribution in [0.4, 0.5) is 0 Å². The van der Waals surface area contributed by atoms with Crippen LogP contribution in [0.3, 0.4) is 0 Å². The predicted octanol–water partition coefficient (Wildman–Crippen LogP) is 3.53. The van der Waals surface area contributed by atoms with Gasteiger partial charge in [0, 0.05) is 0 Å². The molecular weight excluding hydrogens is 120 g/mol. The highest BCUT2D eigenvalue weighted by atomic mass is 14.4. The van der Waals surface area contributed by atoms with E-state index in [-0.39, 0.29) is 0 Å². The Balaban J connectivity index is 2.59. The summed E-state index contributed by atoms with van der Waals surface area (Å²) in [5, 5.41) is 0. The molecule has 0 aromatic heterocycles. The van der Waals surface area contributed by atoms with E-state index < -0.39 is 0 Å². The lowest BCUT2D eigenvalue weighted by Gasteiger charge is -2.24. The molecule has 0 bridgehead atoms. The zero-order chi connectivity index (χ0) is 7.61. The van der Waals surface area contributed by atoms with Gasteiger partial charge in [0.05, 0.1) is 0 Å². The SMILES string of the molecule is C=C1CCC(CC)(CC)C1. The smallest absolute Gasteiger partial charge is 0.0263 e. The van der Waals surface area contributed by atoms with Gasteiger partial charge in [0.25, 0.3) is 0 Å². The van der Waals surface area contributed by atoms with Crippen molar-refractivity contribution >= 4 is 0 Å². The van der Waals surface area contributed by atoms with Gasteiger partial charge in [-0.15, -0.1) is 0 Å². The molecule has 1 aliphatic carbocycles.